The van der Waals surface area contributed by atoms with Gasteiger partial charge in [0.15, 0.2) is 11.8 Å². The standard InChI is InChI=1S/C31H42N2O5/c1-3-5-6-7-8-9-10-11-18-23-29(35)33(32-30(36)26-21-16-13-17-22-26)27(31(37)38-4-2)24-28(34)25-19-14-12-15-20-25/h12-17,19-22,27H,3-11,18,23-24H2,1-2H3,(H,32,36)/t27-/m1/s1. The summed E-state index contributed by atoms with van der Waals surface area (Å²) in [6.45, 7) is 3.94. The Morgan fingerprint density at radius 2 is 1.26 bits per heavy atom. The Morgan fingerprint density at radius 3 is 1.82 bits per heavy atom. The zero-order valence-electron chi connectivity index (χ0n) is 22.8. The van der Waals surface area contributed by atoms with Crippen molar-refractivity contribution in [3.63, 3.8) is 0 Å². The molecule has 0 radical (unpaired) electrons. The maximum atomic E-state index is 13.4. The second kappa shape index (κ2) is 17.9. The van der Waals surface area contributed by atoms with Gasteiger partial charge in [-0.15, -0.1) is 0 Å². The minimum Gasteiger partial charge on any atom is -0.464 e. The molecule has 38 heavy (non-hydrogen) atoms. The zero-order valence-corrected chi connectivity index (χ0v) is 22.8. The van der Waals surface area contributed by atoms with Crippen LogP contribution in [0.2, 0.25) is 0 Å². The number of Topliss-reactive ketones (excluding diaryl/α,β-unsaturated/α-hetero) is 1. The van der Waals surface area contributed by atoms with Gasteiger partial charge in [0.2, 0.25) is 5.91 Å². The molecule has 0 aromatic heterocycles. The molecule has 1 atom stereocenters. The van der Waals surface area contributed by atoms with Gasteiger partial charge in [0.05, 0.1) is 6.61 Å². The van der Waals surface area contributed by atoms with E-state index in [2.05, 4.69) is 12.3 Å². The van der Waals surface area contributed by atoms with Crippen LogP contribution in [0.1, 0.15) is 105 Å². The molecule has 7 nitrogen and oxygen atoms in total. The van der Waals surface area contributed by atoms with Gasteiger partial charge in [0.1, 0.15) is 0 Å². The van der Waals surface area contributed by atoms with Gasteiger partial charge in [-0.1, -0.05) is 107 Å². The van der Waals surface area contributed by atoms with Crippen LogP contribution < -0.4 is 5.43 Å². The molecule has 0 unspecified atom stereocenters. The molecule has 2 amide bonds. The average Bonchev–Trinajstić information content (AvgIpc) is 2.94. The smallest absolute Gasteiger partial charge is 0.331 e. The first-order chi connectivity index (χ1) is 18.5. The number of esters is 1. The van der Waals surface area contributed by atoms with Crippen LogP contribution in [0.3, 0.4) is 0 Å². The highest BCUT2D eigenvalue weighted by atomic mass is 16.5. The lowest BCUT2D eigenvalue weighted by Gasteiger charge is -2.30. The number of carbonyl (C=O) groups excluding carboxylic acids is 4. The fourth-order valence-electron chi connectivity index (χ4n) is 4.22. The second-order valence-electron chi connectivity index (χ2n) is 9.41. The number of hydrogen-bond acceptors (Lipinski definition) is 5. The zero-order chi connectivity index (χ0) is 27.6. The molecule has 0 aliphatic heterocycles. The monoisotopic (exact) mass is 522 g/mol. The fraction of sp³-hybridized carbons (Fsp3) is 0.484. The maximum absolute atomic E-state index is 13.4. The van der Waals surface area contributed by atoms with Crippen molar-refractivity contribution in [3.8, 4) is 0 Å². The van der Waals surface area contributed by atoms with Gasteiger partial charge >= 0.3 is 5.97 Å². The molecule has 7 heteroatoms. The third kappa shape index (κ3) is 10.9. The van der Waals surface area contributed by atoms with E-state index >= 15 is 0 Å². The predicted molar refractivity (Wildman–Crippen MR) is 148 cm³/mol. The topological polar surface area (TPSA) is 92.8 Å². The van der Waals surface area contributed by atoms with Crippen LogP contribution in [0.5, 0.6) is 0 Å². The van der Waals surface area contributed by atoms with E-state index in [0.29, 0.717) is 17.5 Å². The number of ketones is 1. The summed E-state index contributed by atoms with van der Waals surface area (Å²) in [6, 6.07) is 15.7. The van der Waals surface area contributed by atoms with Gasteiger partial charge in [0.25, 0.3) is 5.91 Å². The number of nitrogens with zero attached hydrogens (tertiary/aromatic N) is 1. The van der Waals surface area contributed by atoms with Crippen molar-refractivity contribution < 1.29 is 23.9 Å². The molecular weight excluding hydrogens is 480 g/mol. The van der Waals surface area contributed by atoms with E-state index in [0.717, 1.165) is 24.3 Å². The Labute approximate surface area is 226 Å². The number of hydrogen-bond donors (Lipinski definition) is 1. The summed E-state index contributed by atoms with van der Waals surface area (Å²) in [5.74, 6) is -2.01. The summed E-state index contributed by atoms with van der Waals surface area (Å²) < 4.78 is 5.22. The van der Waals surface area contributed by atoms with E-state index in [1.165, 1.54) is 32.1 Å². The molecule has 2 aromatic carbocycles. The van der Waals surface area contributed by atoms with Crippen molar-refractivity contribution in [2.45, 2.75) is 90.5 Å². The molecule has 2 rings (SSSR count). The van der Waals surface area contributed by atoms with Crippen LogP contribution in [0.4, 0.5) is 0 Å². The SMILES string of the molecule is CCCCCCCCCCCC(=O)N(NC(=O)c1ccccc1)[C@H](CC(=O)c1ccccc1)C(=O)OCC. The molecular formula is C31H42N2O5. The highest BCUT2D eigenvalue weighted by Gasteiger charge is 2.34. The second-order valence-corrected chi connectivity index (χ2v) is 9.41. The highest BCUT2D eigenvalue weighted by Crippen LogP contribution is 2.16. The minimum absolute atomic E-state index is 0.0851. The molecule has 1 N–H and O–H groups in total. The van der Waals surface area contributed by atoms with Crippen LogP contribution in [-0.2, 0) is 14.3 Å². The van der Waals surface area contributed by atoms with Gasteiger partial charge in [-0.25, -0.2) is 9.80 Å². The Kier molecular flexibility index (Phi) is 14.5. The molecule has 0 saturated heterocycles. The van der Waals surface area contributed by atoms with E-state index in [4.69, 9.17) is 4.74 Å². The third-order valence-electron chi connectivity index (χ3n) is 6.37. The maximum Gasteiger partial charge on any atom is 0.331 e. The summed E-state index contributed by atoms with van der Waals surface area (Å²) in [7, 11) is 0. The van der Waals surface area contributed by atoms with Gasteiger partial charge < -0.3 is 4.74 Å². The van der Waals surface area contributed by atoms with Crippen LogP contribution in [0, 0.1) is 0 Å². The van der Waals surface area contributed by atoms with Crippen LogP contribution >= 0.6 is 0 Å². The third-order valence-corrected chi connectivity index (χ3v) is 6.37. The Bertz CT molecular complexity index is 994. The summed E-state index contributed by atoms with van der Waals surface area (Å²) in [5, 5.41) is 1.01. The number of unbranched alkanes of at least 4 members (excludes halogenated alkanes) is 8. The van der Waals surface area contributed by atoms with Crippen molar-refractivity contribution in [2.75, 3.05) is 6.61 Å². The fourth-order valence-corrected chi connectivity index (χ4v) is 4.22. The lowest BCUT2D eigenvalue weighted by Crippen LogP contribution is -2.56. The summed E-state index contributed by atoms with van der Waals surface area (Å²) in [5.41, 5.74) is 3.36. The van der Waals surface area contributed by atoms with E-state index in [9.17, 15) is 19.2 Å². The molecule has 0 aliphatic carbocycles. The summed E-state index contributed by atoms with van der Waals surface area (Å²) in [4.78, 5) is 52.4. The number of ether oxygens (including phenoxy) is 1. The summed E-state index contributed by atoms with van der Waals surface area (Å²) in [6.07, 6.45) is 9.72. The molecule has 0 spiro atoms. The van der Waals surface area contributed by atoms with Crippen molar-refractivity contribution in [3.05, 3.63) is 71.8 Å². The summed E-state index contributed by atoms with van der Waals surface area (Å²) >= 11 is 0. The largest absolute Gasteiger partial charge is 0.464 e. The lowest BCUT2D eigenvalue weighted by atomic mass is 10.0. The number of nitrogens with one attached hydrogen (secondary N) is 1. The normalized spacial score (nSPS) is 11.4. The van der Waals surface area contributed by atoms with Crippen LogP contribution in [-0.4, -0.2) is 41.2 Å². The molecule has 206 valence electrons. The Balaban J connectivity index is 2.12. The van der Waals surface area contributed by atoms with E-state index in [1.54, 1.807) is 67.6 Å². The molecule has 0 aliphatic rings. The number of hydrazine groups is 1. The number of rotatable bonds is 17. The molecule has 0 bridgehead atoms. The Morgan fingerprint density at radius 1 is 0.737 bits per heavy atom. The molecule has 0 fully saturated rings. The first-order valence-electron chi connectivity index (χ1n) is 13.9. The lowest BCUT2D eigenvalue weighted by molar-refractivity contribution is -0.156. The van der Waals surface area contributed by atoms with Crippen molar-refractivity contribution >= 4 is 23.6 Å². The Hall–Kier alpha value is -3.48. The number of amides is 2. The van der Waals surface area contributed by atoms with E-state index in [1.807, 2.05) is 0 Å². The van der Waals surface area contributed by atoms with Crippen LogP contribution in [0.15, 0.2) is 60.7 Å². The quantitative estimate of drug-likeness (QED) is 0.114. The number of carbonyl (C=O) groups is 4. The minimum atomic E-state index is -1.28. The predicted octanol–water partition coefficient (Wildman–Crippen LogP) is 6.29. The van der Waals surface area contributed by atoms with E-state index < -0.39 is 23.8 Å². The van der Waals surface area contributed by atoms with Crippen molar-refractivity contribution in [1.82, 2.24) is 10.4 Å². The molecule has 0 saturated carbocycles. The van der Waals surface area contributed by atoms with Crippen LogP contribution in [0.25, 0.3) is 0 Å². The van der Waals surface area contributed by atoms with Gasteiger partial charge in [0, 0.05) is 24.0 Å². The molecule has 2 aromatic rings. The average molecular weight is 523 g/mol. The van der Waals surface area contributed by atoms with Gasteiger partial charge in [-0.3, -0.25) is 19.8 Å². The number of benzene rings is 2. The van der Waals surface area contributed by atoms with Crippen molar-refractivity contribution in [2.24, 2.45) is 0 Å². The highest BCUT2D eigenvalue weighted by molar-refractivity contribution is 6.00. The van der Waals surface area contributed by atoms with Gasteiger partial charge in [-0.05, 0) is 25.5 Å². The van der Waals surface area contributed by atoms with Crippen molar-refractivity contribution in [1.29, 1.82) is 0 Å². The molecule has 0 heterocycles. The van der Waals surface area contributed by atoms with E-state index in [-0.39, 0.29) is 25.2 Å². The first-order valence-corrected chi connectivity index (χ1v) is 13.9. The van der Waals surface area contributed by atoms with Gasteiger partial charge in [-0.2, -0.15) is 0 Å². The first kappa shape index (κ1) is 30.7.